The largest absolute Gasteiger partial charge is 0.309 e. The molecule has 7 aromatic carbocycles. The van der Waals surface area contributed by atoms with Gasteiger partial charge < -0.3 is 4.57 Å². The molecule has 0 radical (unpaired) electrons. The lowest BCUT2D eigenvalue weighted by molar-refractivity contribution is 1.19. The van der Waals surface area contributed by atoms with Crippen LogP contribution in [0.3, 0.4) is 0 Å². The molecule has 0 spiro atoms. The fourth-order valence-corrected chi connectivity index (χ4v) is 7.59. The predicted molar refractivity (Wildman–Crippen MR) is 201 cm³/mol. The van der Waals surface area contributed by atoms with Crippen molar-refractivity contribution >= 4 is 49.0 Å². The van der Waals surface area contributed by atoms with E-state index in [0.717, 1.165) is 39.4 Å². The van der Waals surface area contributed by atoms with E-state index in [0.29, 0.717) is 0 Å². The van der Waals surface area contributed by atoms with Crippen LogP contribution in [0.15, 0.2) is 176 Å². The fraction of sp³-hybridized carbons (Fsp3) is 0. The Balaban J connectivity index is 1.44. The number of hydrogen-bond donors (Lipinski definition) is 0. The van der Waals surface area contributed by atoms with Gasteiger partial charge in [0.05, 0.1) is 27.8 Å². The van der Waals surface area contributed by atoms with Gasteiger partial charge in [-0.25, -0.2) is 4.98 Å². The van der Waals surface area contributed by atoms with Crippen LogP contribution in [0, 0.1) is 0 Å². The molecule has 3 nitrogen and oxygen atoms in total. The topological polar surface area (TPSA) is 22.2 Å². The summed E-state index contributed by atoms with van der Waals surface area (Å²) in [6.07, 6.45) is 0. The SMILES string of the molecule is c1ccc(-c2ccc3c4ccc5c(c6ccccc6n6c(-c7ccccc7)nc(-c7ccccc7)c56)c4n(-c4ccccc4)c3c2)cc1. The maximum atomic E-state index is 5.43. The zero-order valence-corrected chi connectivity index (χ0v) is 26.1. The number of fused-ring (bicyclic) bond motifs is 10. The molecule has 0 aliphatic rings. The van der Waals surface area contributed by atoms with E-state index in [4.69, 9.17) is 4.98 Å². The van der Waals surface area contributed by atoms with E-state index < -0.39 is 0 Å². The molecule has 10 rings (SSSR count). The summed E-state index contributed by atoms with van der Waals surface area (Å²) >= 11 is 0. The van der Waals surface area contributed by atoms with Gasteiger partial charge in [-0.1, -0.05) is 152 Å². The number of imidazole rings is 1. The van der Waals surface area contributed by atoms with Gasteiger partial charge >= 0.3 is 0 Å². The lowest BCUT2D eigenvalue weighted by Crippen LogP contribution is -1.98. The lowest BCUT2D eigenvalue weighted by atomic mass is 9.98. The highest BCUT2D eigenvalue weighted by Crippen LogP contribution is 2.45. The van der Waals surface area contributed by atoms with Crippen molar-refractivity contribution in [3.05, 3.63) is 176 Å². The Hall–Kier alpha value is -6.45. The van der Waals surface area contributed by atoms with E-state index in [-0.39, 0.29) is 0 Å². The van der Waals surface area contributed by atoms with Gasteiger partial charge in [-0.15, -0.1) is 0 Å². The predicted octanol–water partition coefficient (Wildman–Crippen LogP) is 11.7. The molecule has 3 heterocycles. The number of rotatable bonds is 4. The maximum absolute atomic E-state index is 5.43. The summed E-state index contributed by atoms with van der Waals surface area (Å²) in [6, 6.07) is 63.0. The first-order valence-electron chi connectivity index (χ1n) is 16.4. The number of pyridine rings is 1. The summed E-state index contributed by atoms with van der Waals surface area (Å²) in [5, 5.41) is 6.08. The smallest absolute Gasteiger partial charge is 0.145 e. The van der Waals surface area contributed by atoms with Crippen molar-refractivity contribution in [2.75, 3.05) is 0 Å². The van der Waals surface area contributed by atoms with Crippen molar-refractivity contribution in [3.8, 4) is 39.5 Å². The third kappa shape index (κ3) is 3.91. The normalized spacial score (nSPS) is 11.8. The number of aromatic nitrogens is 3. The van der Waals surface area contributed by atoms with Crippen LogP contribution in [-0.2, 0) is 0 Å². The second-order valence-electron chi connectivity index (χ2n) is 12.4. The van der Waals surface area contributed by atoms with Crippen LogP contribution >= 0.6 is 0 Å². The summed E-state index contributed by atoms with van der Waals surface area (Å²) in [4.78, 5) is 5.43. The Morgan fingerprint density at radius 1 is 0.375 bits per heavy atom. The van der Waals surface area contributed by atoms with Crippen molar-refractivity contribution in [2.24, 2.45) is 0 Å². The summed E-state index contributed by atoms with van der Waals surface area (Å²) < 4.78 is 4.85. The molecule has 0 atom stereocenters. The average Bonchev–Trinajstić information content (AvgIpc) is 3.73. The highest BCUT2D eigenvalue weighted by atomic mass is 15.0. The van der Waals surface area contributed by atoms with Crippen LogP contribution in [0.25, 0.3) is 88.5 Å². The Labute approximate surface area is 277 Å². The third-order valence-corrected chi connectivity index (χ3v) is 9.68. The fourth-order valence-electron chi connectivity index (χ4n) is 7.59. The molecule has 0 fully saturated rings. The molecule has 0 bridgehead atoms. The molecule has 0 unspecified atom stereocenters. The molecule has 0 saturated heterocycles. The van der Waals surface area contributed by atoms with E-state index in [1.165, 1.54) is 49.1 Å². The Morgan fingerprint density at radius 3 is 1.69 bits per heavy atom. The minimum Gasteiger partial charge on any atom is -0.309 e. The van der Waals surface area contributed by atoms with E-state index in [9.17, 15) is 0 Å². The van der Waals surface area contributed by atoms with Gasteiger partial charge in [0.1, 0.15) is 5.82 Å². The standard InChI is InChI=1S/C45H29N3/c1-5-15-30(16-6-1)33-25-26-35-36-27-28-38-41(43(36)47(40(35)29-33)34-21-11-4-12-22-34)37-23-13-14-24-39(37)48-44(38)42(31-17-7-2-8-18-31)46-45(48)32-19-9-3-10-20-32/h1-29H. The van der Waals surface area contributed by atoms with Gasteiger partial charge in [0.25, 0.3) is 0 Å². The highest BCUT2D eigenvalue weighted by Gasteiger charge is 2.24. The van der Waals surface area contributed by atoms with Gasteiger partial charge in [-0.2, -0.15) is 0 Å². The number of hydrogen-bond acceptors (Lipinski definition) is 1. The first-order chi connectivity index (χ1) is 23.8. The Morgan fingerprint density at radius 2 is 0.958 bits per heavy atom. The van der Waals surface area contributed by atoms with Gasteiger partial charge in [0.2, 0.25) is 0 Å². The zero-order chi connectivity index (χ0) is 31.6. The summed E-state index contributed by atoms with van der Waals surface area (Å²) in [6.45, 7) is 0. The number of benzene rings is 7. The van der Waals surface area contributed by atoms with Crippen LogP contribution in [0.1, 0.15) is 0 Å². The van der Waals surface area contributed by atoms with Crippen LogP contribution in [-0.4, -0.2) is 14.0 Å². The highest BCUT2D eigenvalue weighted by molar-refractivity contribution is 6.29. The van der Waals surface area contributed by atoms with E-state index >= 15 is 0 Å². The molecule has 0 amide bonds. The Bertz CT molecular complexity index is 2800. The molecular formula is C45H29N3. The molecule has 10 aromatic rings. The number of para-hydroxylation sites is 2. The molecule has 224 valence electrons. The monoisotopic (exact) mass is 611 g/mol. The summed E-state index contributed by atoms with van der Waals surface area (Å²) in [5.74, 6) is 0.943. The molecular weight excluding hydrogens is 583 g/mol. The van der Waals surface area contributed by atoms with Crippen molar-refractivity contribution < 1.29 is 0 Å². The molecule has 0 N–H and O–H groups in total. The van der Waals surface area contributed by atoms with Crippen molar-refractivity contribution in [3.63, 3.8) is 0 Å². The Kier molecular flexibility index (Phi) is 5.87. The maximum Gasteiger partial charge on any atom is 0.145 e. The van der Waals surface area contributed by atoms with E-state index in [1.54, 1.807) is 0 Å². The van der Waals surface area contributed by atoms with Gasteiger partial charge in [-0.05, 0) is 35.4 Å². The van der Waals surface area contributed by atoms with Crippen LogP contribution in [0.4, 0.5) is 0 Å². The second kappa shape index (κ2) is 10.5. The summed E-state index contributed by atoms with van der Waals surface area (Å²) in [5.41, 5.74) is 11.4. The van der Waals surface area contributed by atoms with Gasteiger partial charge in [0, 0.05) is 43.7 Å². The van der Waals surface area contributed by atoms with Crippen molar-refractivity contribution in [1.82, 2.24) is 14.0 Å². The molecule has 3 aromatic heterocycles. The van der Waals surface area contributed by atoms with Gasteiger partial charge in [-0.3, -0.25) is 4.40 Å². The second-order valence-corrected chi connectivity index (χ2v) is 12.4. The molecule has 3 heteroatoms. The van der Waals surface area contributed by atoms with Crippen molar-refractivity contribution in [1.29, 1.82) is 0 Å². The number of nitrogens with zero attached hydrogens (tertiary/aromatic N) is 3. The minimum atomic E-state index is 0.943. The molecule has 0 aliphatic carbocycles. The van der Waals surface area contributed by atoms with Crippen LogP contribution in [0.2, 0.25) is 0 Å². The van der Waals surface area contributed by atoms with Gasteiger partial charge in [0.15, 0.2) is 0 Å². The quantitative estimate of drug-likeness (QED) is 0.182. The zero-order valence-electron chi connectivity index (χ0n) is 26.1. The first kappa shape index (κ1) is 26.7. The summed E-state index contributed by atoms with van der Waals surface area (Å²) in [7, 11) is 0. The van der Waals surface area contributed by atoms with E-state index in [1.807, 2.05) is 0 Å². The molecule has 0 aliphatic heterocycles. The third-order valence-electron chi connectivity index (χ3n) is 9.68. The minimum absolute atomic E-state index is 0.943. The van der Waals surface area contributed by atoms with Crippen LogP contribution in [0.5, 0.6) is 0 Å². The molecule has 0 saturated carbocycles. The van der Waals surface area contributed by atoms with E-state index in [2.05, 4.69) is 185 Å². The lowest BCUT2D eigenvalue weighted by Gasteiger charge is -2.15. The average molecular weight is 612 g/mol. The first-order valence-corrected chi connectivity index (χ1v) is 16.4. The van der Waals surface area contributed by atoms with Crippen molar-refractivity contribution in [2.45, 2.75) is 0 Å². The molecule has 48 heavy (non-hydrogen) atoms. The van der Waals surface area contributed by atoms with Crippen LogP contribution < -0.4 is 0 Å².